The molecular weight excluding hydrogens is 339 g/mol. The first-order valence-corrected chi connectivity index (χ1v) is 8.70. The van der Waals surface area contributed by atoms with Gasteiger partial charge >= 0.3 is 0 Å². The van der Waals surface area contributed by atoms with Crippen molar-refractivity contribution in [3.63, 3.8) is 0 Å². The maximum atomic E-state index is 13.5. The van der Waals surface area contributed by atoms with Gasteiger partial charge in [0.2, 0.25) is 0 Å². The fourth-order valence-electron chi connectivity index (χ4n) is 2.79. The van der Waals surface area contributed by atoms with E-state index in [4.69, 9.17) is 0 Å². The van der Waals surface area contributed by atoms with Crippen LogP contribution in [0.2, 0.25) is 0 Å². The third-order valence-corrected chi connectivity index (χ3v) is 5.12. The maximum absolute atomic E-state index is 13.5. The lowest BCUT2D eigenvalue weighted by molar-refractivity contribution is 0.0740. The number of nitrogens with zero attached hydrogens (tertiary/aromatic N) is 3. The van der Waals surface area contributed by atoms with Gasteiger partial charge in [0.05, 0.1) is 34.2 Å². The zero-order valence-corrected chi connectivity index (χ0v) is 15.3. The van der Waals surface area contributed by atoms with Gasteiger partial charge in [-0.3, -0.25) is 9.89 Å². The van der Waals surface area contributed by atoms with Crippen molar-refractivity contribution in [2.24, 2.45) is 0 Å². The Bertz CT molecular complexity index is 917. The van der Waals surface area contributed by atoms with E-state index in [1.807, 2.05) is 20.8 Å². The van der Waals surface area contributed by atoms with Crippen molar-refractivity contribution in [3.8, 4) is 11.3 Å². The first-order valence-electron chi connectivity index (χ1n) is 7.89. The van der Waals surface area contributed by atoms with Crippen LogP contribution < -0.4 is 0 Å². The van der Waals surface area contributed by atoms with E-state index in [1.165, 1.54) is 18.3 Å². The Morgan fingerprint density at radius 1 is 1.36 bits per heavy atom. The van der Waals surface area contributed by atoms with E-state index in [-0.39, 0.29) is 17.8 Å². The molecular formula is C18H19FN4OS. The highest BCUT2D eigenvalue weighted by Gasteiger charge is 2.25. The van der Waals surface area contributed by atoms with Crippen LogP contribution in [0.15, 0.2) is 30.5 Å². The number of aryl methyl sites for hydroxylation is 2. The summed E-state index contributed by atoms with van der Waals surface area (Å²) in [5.41, 5.74) is 2.40. The minimum atomic E-state index is -0.360. The van der Waals surface area contributed by atoms with Crippen LogP contribution in [0.4, 0.5) is 4.39 Å². The van der Waals surface area contributed by atoms with Crippen LogP contribution in [0.5, 0.6) is 0 Å². The summed E-state index contributed by atoms with van der Waals surface area (Å²) in [6, 6.07) is 5.91. The Morgan fingerprint density at radius 2 is 2.12 bits per heavy atom. The summed E-state index contributed by atoms with van der Waals surface area (Å²) in [4.78, 5) is 20.2. The third-order valence-electron chi connectivity index (χ3n) is 4.22. The highest BCUT2D eigenvalue weighted by Crippen LogP contribution is 2.29. The van der Waals surface area contributed by atoms with E-state index in [1.54, 1.807) is 35.4 Å². The van der Waals surface area contributed by atoms with Crippen LogP contribution in [-0.2, 0) is 0 Å². The molecule has 2 aromatic heterocycles. The number of H-pyrrole nitrogens is 1. The van der Waals surface area contributed by atoms with Crippen molar-refractivity contribution in [1.29, 1.82) is 0 Å². The fourth-order valence-corrected chi connectivity index (χ4v) is 3.70. The number of benzene rings is 1. The van der Waals surface area contributed by atoms with Gasteiger partial charge in [-0.1, -0.05) is 12.1 Å². The summed E-state index contributed by atoms with van der Waals surface area (Å²) in [5.74, 6) is -0.550. The van der Waals surface area contributed by atoms with Gasteiger partial charge < -0.3 is 4.90 Å². The second-order valence-electron chi connectivity index (χ2n) is 5.94. The van der Waals surface area contributed by atoms with Crippen molar-refractivity contribution in [2.45, 2.75) is 26.8 Å². The molecule has 0 spiro atoms. The first-order chi connectivity index (χ1) is 11.9. The quantitative estimate of drug-likeness (QED) is 0.763. The average molecular weight is 358 g/mol. The Kier molecular flexibility index (Phi) is 4.67. The lowest BCUT2D eigenvalue weighted by Gasteiger charge is -2.24. The Hall–Kier alpha value is -2.54. The van der Waals surface area contributed by atoms with Crippen LogP contribution >= 0.6 is 11.3 Å². The standard InChI is InChI=1S/C18H19FN4OS/c1-10(16-11(2)25-12(3)21-16)23(4)18(24)15-9-20-22-17(15)13-6-5-7-14(19)8-13/h5-10H,1-4H3,(H,20,22). The SMILES string of the molecule is Cc1nc(C(C)N(C)C(=O)c2cn[nH]c2-c2cccc(F)c2)c(C)s1. The molecule has 1 atom stereocenters. The zero-order chi connectivity index (χ0) is 18.1. The van der Waals surface area contributed by atoms with Crippen LogP contribution in [-0.4, -0.2) is 33.0 Å². The molecule has 3 aromatic rings. The summed E-state index contributed by atoms with van der Waals surface area (Å²) in [7, 11) is 1.74. The van der Waals surface area contributed by atoms with Gasteiger partial charge in [0.1, 0.15) is 5.82 Å². The van der Waals surface area contributed by atoms with E-state index in [9.17, 15) is 9.18 Å². The second kappa shape index (κ2) is 6.76. The van der Waals surface area contributed by atoms with E-state index < -0.39 is 0 Å². The number of halogens is 1. The Morgan fingerprint density at radius 3 is 2.76 bits per heavy atom. The monoisotopic (exact) mass is 358 g/mol. The second-order valence-corrected chi connectivity index (χ2v) is 7.34. The largest absolute Gasteiger partial charge is 0.333 e. The molecule has 2 heterocycles. The van der Waals surface area contributed by atoms with Crippen molar-refractivity contribution in [2.75, 3.05) is 7.05 Å². The highest BCUT2D eigenvalue weighted by molar-refractivity contribution is 7.11. The lowest BCUT2D eigenvalue weighted by Crippen LogP contribution is -2.30. The van der Waals surface area contributed by atoms with Gasteiger partial charge in [-0.15, -0.1) is 11.3 Å². The number of carbonyl (C=O) groups excluding carboxylic acids is 1. The Balaban J connectivity index is 1.91. The molecule has 0 aliphatic heterocycles. The Labute approximate surface area is 149 Å². The van der Waals surface area contributed by atoms with Gasteiger partial charge in [0, 0.05) is 17.5 Å². The summed E-state index contributed by atoms with van der Waals surface area (Å²) >= 11 is 1.62. The molecule has 1 amide bonds. The van der Waals surface area contributed by atoms with Crippen LogP contribution in [0.25, 0.3) is 11.3 Å². The van der Waals surface area contributed by atoms with Crippen molar-refractivity contribution in [3.05, 3.63) is 57.4 Å². The number of hydrogen-bond donors (Lipinski definition) is 1. The van der Waals surface area contributed by atoms with Crippen molar-refractivity contribution in [1.82, 2.24) is 20.1 Å². The number of aromatic nitrogens is 3. The topological polar surface area (TPSA) is 61.9 Å². The molecule has 0 radical (unpaired) electrons. The summed E-state index contributed by atoms with van der Waals surface area (Å²) in [6.07, 6.45) is 1.48. The van der Waals surface area contributed by atoms with Gasteiger partial charge in [-0.25, -0.2) is 9.37 Å². The number of thiazole rings is 1. The summed E-state index contributed by atoms with van der Waals surface area (Å²) in [6.45, 7) is 5.90. The first kappa shape index (κ1) is 17.3. The van der Waals surface area contributed by atoms with Crippen molar-refractivity contribution >= 4 is 17.2 Å². The molecule has 3 rings (SSSR count). The predicted octanol–water partition coefficient (Wildman–Crippen LogP) is 4.12. The minimum Gasteiger partial charge on any atom is -0.333 e. The minimum absolute atomic E-state index is 0.173. The van der Waals surface area contributed by atoms with Gasteiger partial charge in [-0.2, -0.15) is 5.10 Å². The van der Waals surface area contributed by atoms with Crippen LogP contribution in [0.3, 0.4) is 0 Å². The highest BCUT2D eigenvalue weighted by atomic mass is 32.1. The molecule has 1 unspecified atom stereocenters. The van der Waals surface area contributed by atoms with Gasteiger partial charge in [-0.05, 0) is 32.9 Å². The van der Waals surface area contributed by atoms with E-state index >= 15 is 0 Å². The molecule has 1 aromatic carbocycles. The molecule has 1 N–H and O–H groups in total. The van der Waals surface area contributed by atoms with E-state index in [0.717, 1.165) is 15.6 Å². The molecule has 0 aliphatic rings. The molecule has 5 nitrogen and oxygen atoms in total. The smallest absolute Gasteiger partial charge is 0.257 e. The lowest BCUT2D eigenvalue weighted by atomic mass is 10.1. The molecule has 0 aliphatic carbocycles. The predicted molar refractivity (Wildman–Crippen MR) is 96.1 cm³/mol. The summed E-state index contributed by atoms with van der Waals surface area (Å²) < 4.78 is 13.5. The van der Waals surface area contributed by atoms with E-state index in [0.29, 0.717) is 16.8 Å². The van der Waals surface area contributed by atoms with Crippen LogP contribution in [0, 0.1) is 19.7 Å². The number of nitrogens with one attached hydrogen (secondary N) is 1. The van der Waals surface area contributed by atoms with Gasteiger partial charge in [0.25, 0.3) is 5.91 Å². The molecule has 0 saturated carbocycles. The number of amides is 1. The molecule has 7 heteroatoms. The van der Waals surface area contributed by atoms with Gasteiger partial charge in [0.15, 0.2) is 0 Å². The number of hydrogen-bond acceptors (Lipinski definition) is 4. The van der Waals surface area contributed by atoms with E-state index in [2.05, 4.69) is 15.2 Å². The molecule has 0 bridgehead atoms. The third kappa shape index (κ3) is 3.32. The number of rotatable bonds is 4. The molecule has 0 fully saturated rings. The van der Waals surface area contributed by atoms with Crippen LogP contribution in [0.1, 0.15) is 38.9 Å². The molecule has 25 heavy (non-hydrogen) atoms. The average Bonchev–Trinajstić information content (AvgIpc) is 3.19. The zero-order valence-electron chi connectivity index (χ0n) is 14.5. The normalized spacial score (nSPS) is 12.2. The molecule has 130 valence electrons. The maximum Gasteiger partial charge on any atom is 0.257 e. The summed E-state index contributed by atoms with van der Waals surface area (Å²) in [5, 5.41) is 7.75. The van der Waals surface area contributed by atoms with Crippen molar-refractivity contribution < 1.29 is 9.18 Å². The molecule has 0 saturated heterocycles. The fraction of sp³-hybridized carbons (Fsp3) is 0.278. The number of carbonyl (C=O) groups is 1. The number of aromatic amines is 1.